The number of hydrogen-bond donors (Lipinski definition) is 0. The lowest BCUT2D eigenvalue weighted by Crippen LogP contribution is -2.46. The van der Waals surface area contributed by atoms with E-state index in [2.05, 4.69) is 10.4 Å². The van der Waals surface area contributed by atoms with Gasteiger partial charge in [-0.25, -0.2) is 14.0 Å². The molecule has 2 aromatic rings. The number of nitrogens with zero attached hydrogens (tertiary/aromatic N) is 5. The lowest BCUT2D eigenvalue weighted by Gasteiger charge is -2.32. The van der Waals surface area contributed by atoms with Crippen LogP contribution in [0.25, 0.3) is 5.69 Å². The number of carbonyl (C=O) groups excluding carboxylic acids is 1. The number of hydrogen-bond acceptors (Lipinski definition) is 4. The van der Waals surface area contributed by atoms with E-state index in [4.69, 9.17) is 0 Å². The first-order chi connectivity index (χ1) is 11.6. The smallest absolute Gasteiger partial charge is 0.320 e. The molecule has 0 aliphatic heterocycles. The van der Waals surface area contributed by atoms with Crippen molar-refractivity contribution >= 4 is 6.03 Å². The molecule has 0 radical (unpaired) electrons. The predicted molar refractivity (Wildman–Crippen MR) is 85.6 cm³/mol. The van der Waals surface area contributed by atoms with Gasteiger partial charge in [0.2, 0.25) is 0 Å². The highest BCUT2D eigenvalue weighted by atomic mass is 19.1. The van der Waals surface area contributed by atoms with Gasteiger partial charge in [0, 0.05) is 12.6 Å². The van der Waals surface area contributed by atoms with E-state index in [9.17, 15) is 14.0 Å². The Morgan fingerprint density at radius 1 is 1.29 bits per heavy atom. The third-order valence-electron chi connectivity index (χ3n) is 4.42. The van der Waals surface area contributed by atoms with Crippen molar-refractivity contribution in [1.82, 2.24) is 24.7 Å². The maximum absolute atomic E-state index is 13.3. The first-order valence-corrected chi connectivity index (χ1v) is 8.23. The largest absolute Gasteiger partial charge is 0.377 e. The number of aromatic nitrogens is 4. The summed E-state index contributed by atoms with van der Waals surface area (Å²) in [6, 6.07) is 5.10. The Morgan fingerprint density at radius 2 is 2.04 bits per heavy atom. The zero-order valence-electron chi connectivity index (χ0n) is 13.6. The molecule has 1 aliphatic carbocycles. The average Bonchev–Trinajstić information content (AvgIpc) is 2.98. The Bertz CT molecular complexity index is 779. The van der Waals surface area contributed by atoms with Gasteiger partial charge in [-0.05, 0) is 48.4 Å². The molecule has 1 heterocycles. The Labute approximate surface area is 138 Å². The van der Waals surface area contributed by atoms with Gasteiger partial charge < -0.3 is 4.90 Å². The Hall–Kier alpha value is -2.51. The fourth-order valence-electron chi connectivity index (χ4n) is 3.20. The molecular weight excluding hydrogens is 313 g/mol. The SMILES string of the molecule is CCN(C(=O)n1nnn(-c2cccc(F)c2)c1=O)C1CCCCC1. The molecule has 8 heteroatoms. The Morgan fingerprint density at radius 3 is 2.71 bits per heavy atom. The first-order valence-electron chi connectivity index (χ1n) is 8.23. The summed E-state index contributed by atoms with van der Waals surface area (Å²) in [6.07, 6.45) is 5.22. The van der Waals surface area contributed by atoms with Gasteiger partial charge in [-0.15, -0.1) is 4.68 Å². The van der Waals surface area contributed by atoms with Crippen LogP contribution >= 0.6 is 0 Å². The predicted octanol–water partition coefficient (Wildman–Crippen LogP) is 2.19. The molecule has 0 spiro atoms. The normalized spacial score (nSPS) is 15.4. The van der Waals surface area contributed by atoms with E-state index in [0.717, 1.165) is 35.0 Å². The summed E-state index contributed by atoms with van der Waals surface area (Å²) in [4.78, 5) is 26.8. The number of rotatable bonds is 3. The number of amides is 1. The van der Waals surface area contributed by atoms with Gasteiger partial charge in [0.1, 0.15) is 5.82 Å². The fraction of sp³-hybridized carbons (Fsp3) is 0.500. The van der Waals surface area contributed by atoms with E-state index >= 15 is 0 Å². The number of tetrazole rings is 1. The zero-order valence-corrected chi connectivity index (χ0v) is 13.6. The van der Waals surface area contributed by atoms with Crippen molar-refractivity contribution in [2.24, 2.45) is 0 Å². The molecule has 0 bridgehead atoms. The lowest BCUT2D eigenvalue weighted by atomic mass is 9.94. The van der Waals surface area contributed by atoms with Crippen molar-refractivity contribution in [3.63, 3.8) is 0 Å². The van der Waals surface area contributed by atoms with Crippen LogP contribution < -0.4 is 5.69 Å². The summed E-state index contributed by atoms with van der Waals surface area (Å²) in [5.74, 6) is -0.488. The lowest BCUT2D eigenvalue weighted by molar-refractivity contribution is 0.157. The van der Waals surface area contributed by atoms with Gasteiger partial charge in [0.25, 0.3) is 0 Å². The van der Waals surface area contributed by atoms with Crippen LogP contribution in [0.2, 0.25) is 0 Å². The molecule has 1 aromatic carbocycles. The second kappa shape index (κ2) is 6.94. The third kappa shape index (κ3) is 3.08. The minimum Gasteiger partial charge on any atom is -0.320 e. The van der Waals surface area contributed by atoms with E-state index in [1.807, 2.05) is 6.92 Å². The number of benzene rings is 1. The summed E-state index contributed by atoms with van der Waals surface area (Å²) < 4.78 is 15.0. The standard InChI is InChI=1S/C16H20FN5O2/c1-2-20(13-8-4-3-5-9-13)15(23)22-16(24)21(18-19-22)14-10-6-7-12(17)11-14/h6-7,10-11,13H,2-5,8-9H2,1H3. The molecule has 7 nitrogen and oxygen atoms in total. The number of carbonyl (C=O) groups is 1. The van der Waals surface area contributed by atoms with E-state index in [1.165, 1.54) is 30.7 Å². The first kappa shape index (κ1) is 16.4. The van der Waals surface area contributed by atoms with Crippen LogP contribution in [-0.2, 0) is 0 Å². The molecule has 0 N–H and O–H groups in total. The summed E-state index contributed by atoms with van der Waals surface area (Å²) in [7, 11) is 0. The van der Waals surface area contributed by atoms with Crippen LogP contribution in [0.5, 0.6) is 0 Å². The van der Waals surface area contributed by atoms with Crippen molar-refractivity contribution in [2.75, 3.05) is 6.54 Å². The Balaban J connectivity index is 1.89. The minimum absolute atomic E-state index is 0.127. The molecule has 1 amide bonds. The highest BCUT2D eigenvalue weighted by Crippen LogP contribution is 2.22. The molecular formula is C16H20FN5O2. The van der Waals surface area contributed by atoms with Gasteiger partial charge in [0.15, 0.2) is 0 Å². The van der Waals surface area contributed by atoms with E-state index in [1.54, 1.807) is 4.90 Å². The van der Waals surface area contributed by atoms with Crippen LogP contribution in [0.1, 0.15) is 39.0 Å². The summed E-state index contributed by atoms with van der Waals surface area (Å²) in [5, 5.41) is 7.40. The van der Waals surface area contributed by atoms with Crippen molar-refractivity contribution in [2.45, 2.75) is 45.1 Å². The van der Waals surface area contributed by atoms with E-state index in [0.29, 0.717) is 6.54 Å². The summed E-state index contributed by atoms with van der Waals surface area (Å²) in [6.45, 7) is 2.39. The van der Waals surface area contributed by atoms with Crippen LogP contribution in [-0.4, -0.2) is 43.3 Å². The third-order valence-corrected chi connectivity index (χ3v) is 4.42. The molecule has 3 rings (SSSR count). The topological polar surface area (TPSA) is 73.0 Å². The van der Waals surface area contributed by atoms with Gasteiger partial charge in [-0.1, -0.05) is 25.3 Å². The maximum Gasteiger partial charge on any atom is 0.377 e. The van der Waals surface area contributed by atoms with Crippen LogP contribution in [0.4, 0.5) is 9.18 Å². The van der Waals surface area contributed by atoms with Crippen LogP contribution in [0.3, 0.4) is 0 Å². The van der Waals surface area contributed by atoms with Crippen LogP contribution in [0, 0.1) is 5.82 Å². The molecule has 24 heavy (non-hydrogen) atoms. The molecule has 0 saturated heterocycles. The molecule has 1 fully saturated rings. The van der Waals surface area contributed by atoms with Crippen molar-refractivity contribution in [3.05, 3.63) is 40.6 Å². The van der Waals surface area contributed by atoms with Gasteiger partial charge in [-0.2, -0.15) is 4.68 Å². The monoisotopic (exact) mass is 333 g/mol. The maximum atomic E-state index is 13.3. The molecule has 128 valence electrons. The molecule has 0 unspecified atom stereocenters. The van der Waals surface area contributed by atoms with Crippen molar-refractivity contribution in [1.29, 1.82) is 0 Å². The molecule has 1 saturated carbocycles. The van der Waals surface area contributed by atoms with Gasteiger partial charge >= 0.3 is 11.7 Å². The quantitative estimate of drug-likeness (QED) is 0.807. The van der Waals surface area contributed by atoms with Crippen molar-refractivity contribution < 1.29 is 9.18 Å². The van der Waals surface area contributed by atoms with Gasteiger partial charge in [0.05, 0.1) is 5.69 Å². The van der Waals surface area contributed by atoms with E-state index < -0.39 is 17.5 Å². The van der Waals surface area contributed by atoms with E-state index in [-0.39, 0.29) is 11.7 Å². The fourth-order valence-corrected chi connectivity index (χ4v) is 3.20. The molecule has 1 aromatic heterocycles. The highest BCUT2D eigenvalue weighted by molar-refractivity contribution is 5.75. The molecule has 0 atom stereocenters. The molecule has 1 aliphatic rings. The highest BCUT2D eigenvalue weighted by Gasteiger charge is 2.27. The van der Waals surface area contributed by atoms with Crippen LogP contribution in [0.15, 0.2) is 29.1 Å². The second-order valence-electron chi connectivity index (χ2n) is 5.93. The summed E-state index contributed by atoms with van der Waals surface area (Å²) in [5.41, 5.74) is -0.459. The summed E-state index contributed by atoms with van der Waals surface area (Å²) >= 11 is 0. The zero-order chi connectivity index (χ0) is 17.1. The van der Waals surface area contributed by atoms with Gasteiger partial charge in [-0.3, -0.25) is 0 Å². The number of halogens is 1. The van der Waals surface area contributed by atoms with Crippen molar-refractivity contribution in [3.8, 4) is 5.69 Å². The average molecular weight is 333 g/mol. The minimum atomic E-state index is -0.695. The second-order valence-corrected chi connectivity index (χ2v) is 5.93. The Kier molecular flexibility index (Phi) is 4.73.